The molecule has 0 amide bonds. The zero-order valence-electron chi connectivity index (χ0n) is 18.0. The van der Waals surface area contributed by atoms with E-state index < -0.39 is 0 Å². The summed E-state index contributed by atoms with van der Waals surface area (Å²) in [7, 11) is 0. The van der Waals surface area contributed by atoms with Crippen LogP contribution in [0.25, 0.3) is 0 Å². The monoisotopic (exact) mass is 482 g/mol. The van der Waals surface area contributed by atoms with Crippen molar-refractivity contribution in [2.75, 3.05) is 6.61 Å². The maximum atomic E-state index is 7.50. The summed E-state index contributed by atoms with van der Waals surface area (Å²) in [5.74, 6) is 6.87. The third-order valence-corrected chi connectivity index (χ3v) is 4.27. The number of benzene rings is 2. The number of ether oxygens (including phenoxy) is 1. The van der Waals surface area contributed by atoms with Crippen LogP contribution in [0, 0.1) is 51.0 Å². The Kier molecular flexibility index (Phi) is 38.2. The van der Waals surface area contributed by atoms with E-state index in [1.165, 1.54) is 5.56 Å². The molecular formula is C26H22CrO6. The van der Waals surface area contributed by atoms with E-state index in [1.807, 2.05) is 37.3 Å². The van der Waals surface area contributed by atoms with Gasteiger partial charge in [0.2, 0.25) is 0 Å². The van der Waals surface area contributed by atoms with Crippen LogP contribution in [-0.2, 0) is 50.3 Å². The van der Waals surface area contributed by atoms with Crippen molar-refractivity contribution < 1.29 is 43.8 Å². The molecule has 6 nitrogen and oxygen atoms in total. The van der Waals surface area contributed by atoms with Crippen molar-refractivity contribution >= 4 is 4.57 Å². The van der Waals surface area contributed by atoms with E-state index in [0.717, 1.165) is 29.4 Å². The standard InChI is InChI=1S/C21H22O.5CO.Cr/c1-2-22-18-21(17-20-14-7-4-8-15-20)16-10-9-13-19-11-5-3-6-12-19;5*1-2;/h3-8,11-12,14-15,21H,2,10,16-17H2,1H3;;;;;;. The third-order valence-electron chi connectivity index (χ3n) is 3.57. The molecule has 7 heteroatoms. The summed E-state index contributed by atoms with van der Waals surface area (Å²) in [6.07, 6.45) is 2.85. The fourth-order valence-electron chi connectivity index (χ4n) is 2.39. The average molecular weight is 482 g/mol. The Hall–Kier alpha value is -2.94. The second-order valence-corrected chi connectivity index (χ2v) is 5.97. The number of hydrogen-bond donors (Lipinski definition) is 0. The van der Waals surface area contributed by atoms with Gasteiger partial charge in [-0.25, -0.2) is 0 Å². The molecule has 2 aromatic rings. The molecule has 0 saturated heterocycles. The summed E-state index contributed by atoms with van der Waals surface area (Å²) in [5, 5.41) is 0. The van der Waals surface area contributed by atoms with E-state index in [0.29, 0.717) is 12.5 Å². The van der Waals surface area contributed by atoms with Gasteiger partial charge in [-0.05, 0) is 0 Å². The molecule has 1 unspecified atom stereocenters. The molecule has 1 atom stereocenters. The molecule has 0 saturated carbocycles. The van der Waals surface area contributed by atoms with Gasteiger partial charge in [-0.1, -0.05) is 0 Å². The summed E-state index contributed by atoms with van der Waals surface area (Å²) < 4.78 is 44.2. The van der Waals surface area contributed by atoms with Crippen LogP contribution in [-0.4, -0.2) is 11.2 Å². The van der Waals surface area contributed by atoms with Crippen molar-refractivity contribution in [3.63, 3.8) is 0 Å². The van der Waals surface area contributed by atoms with Crippen LogP contribution in [0.1, 0.15) is 30.9 Å². The zero-order chi connectivity index (χ0) is 26.3. The molecular weight excluding hydrogens is 460 g/mol. The summed E-state index contributed by atoms with van der Waals surface area (Å²) >= 11 is 3.10. The molecule has 0 N–H and O–H groups in total. The van der Waals surface area contributed by atoms with Crippen LogP contribution in [0.3, 0.4) is 0 Å². The van der Waals surface area contributed by atoms with Crippen molar-refractivity contribution in [2.24, 2.45) is 5.92 Å². The van der Waals surface area contributed by atoms with Crippen LogP contribution in [0.15, 0.2) is 60.7 Å². The first-order chi connectivity index (χ1) is 16.3. The third kappa shape index (κ3) is 22.1. The fraction of sp³-hybridized carbons (Fsp3) is 0.231. The molecule has 168 valence electrons. The minimum absolute atomic E-state index is 0.363. The van der Waals surface area contributed by atoms with E-state index in [2.05, 4.69) is 91.3 Å². The second-order valence-electron chi connectivity index (χ2n) is 5.35. The maximum absolute atomic E-state index is 7.50. The number of hydrogen-bond acceptors (Lipinski definition) is 1. The first-order valence-electron chi connectivity index (χ1n) is 9.06. The van der Waals surface area contributed by atoms with Gasteiger partial charge < -0.3 is 0 Å². The first-order valence-corrected chi connectivity index (χ1v) is 9.70. The van der Waals surface area contributed by atoms with Gasteiger partial charge in [-0.2, -0.15) is 0 Å². The molecule has 0 radical (unpaired) electrons. The van der Waals surface area contributed by atoms with Gasteiger partial charge in [-0.15, -0.1) is 0 Å². The molecule has 2 rings (SSSR count). The van der Waals surface area contributed by atoms with Crippen molar-refractivity contribution in [1.29, 1.82) is 0 Å². The molecule has 0 heterocycles. The molecule has 0 spiro atoms. The van der Waals surface area contributed by atoms with Crippen molar-refractivity contribution in [3.8, 4) is 11.8 Å². The van der Waals surface area contributed by atoms with Gasteiger partial charge in [0.25, 0.3) is 0 Å². The predicted molar refractivity (Wildman–Crippen MR) is 112 cm³/mol. The first kappa shape index (κ1) is 37.4. The van der Waals surface area contributed by atoms with Gasteiger partial charge in [0.15, 0.2) is 0 Å². The molecule has 0 fully saturated rings. The average Bonchev–Trinajstić information content (AvgIpc) is 2.93. The van der Waals surface area contributed by atoms with Gasteiger partial charge in [0, 0.05) is 0 Å². The van der Waals surface area contributed by atoms with E-state index in [4.69, 9.17) is 28.0 Å². The Morgan fingerprint density at radius 3 is 1.73 bits per heavy atom. The molecule has 33 heavy (non-hydrogen) atoms. The Balaban J connectivity index is -0.000000371. The summed E-state index contributed by atoms with van der Waals surface area (Å²) in [5.41, 5.74) is 2.41. The van der Waals surface area contributed by atoms with Crippen LogP contribution in [0.4, 0.5) is 0 Å². The summed E-state index contributed by atoms with van der Waals surface area (Å²) in [4.78, 5) is 0. The van der Waals surface area contributed by atoms with Gasteiger partial charge in [0.1, 0.15) is 0 Å². The predicted octanol–water partition coefficient (Wildman–Crippen LogP) is 4.20. The molecule has 0 aliphatic rings. The SMILES string of the molecule is CCO[C](=[Cr])C(CCC#Cc1ccccc1)Cc1ccccc1.[C-]#[O+].[C-]#[O+].[C-]#[O+].[C-]#[O+].[C-]#[O+]. The Morgan fingerprint density at radius 2 is 1.27 bits per heavy atom. The van der Waals surface area contributed by atoms with Crippen LogP contribution >= 0.6 is 0 Å². The second kappa shape index (κ2) is 33.7. The molecule has 0 aliphatic heterocycles. The Bertz CT molecular complexity index is 837. The topological polar surface area (TPSA) is 109 Å². The molecule has 2 aromatic carbocycles. The van der Waals surface area contributed by atoms with E-state index in [-0.39, 0.29) is 0 Å². The molecule has 0 aliphatic carbocycles. The van der Waals surface area contributed by atoms with Gasteiger partial charge in [-0.3, -0.25) is 0 Å². The van der Waals surface area contributed by atoms with E-state index in [1.54, 1.807) is 0 Å². The van der Waals surface area contributed by atoms with E-state index >= 15 is 0 Å². The van der Waals surface area contributed by atoms with Crippen molar-refractivity contribution in [2.45, 2.75) is 26.2 Å². The van der Waals surface area contributed by atoms with Crippen molar-refractivity contribution in [1.82, 2.24) is 0 Å². The van der Waals surface area contributed by atoms with Crippen LogP contribution in [0.2, 0.25) is 0 Å². The molecule has 0 bridgehead atoms. The quantitative estimate of drug-likeness (QED) is 0.329. The Labute approximate surface area is 203 Å². The van der Waals surface area contributed by atoms with Crippen molar-refractivity contribution in [3.05, 3.63) is 105 Å². The molecule has 0 aromatic heterocycles. The summed E-state index contributed by atoms with van der Waals surface area (Å²) in [6, 6.07) is 20.7. The number of rotatable bonds is 7. The fourth-order valence-corrected chi connectivity index (χ4v) is 2.89. The van der Waals surface area contributed by atoms with Gasteiger partial charge >= 0.3 is 204 Å². The zero-order valence-corrected chi connectivity index (χ0v) is 19.3. The van der Waals surface area contributed by atoms with Gasteiger partial charge in [0.05, 0.1) is 0 Å². The van der Waals surface area contributed by atoms with Crippen LogP contribution in [0.5, 0.6) is 0 Å². The Morgan fingerprint density at radius 1 is 0.818 bits per heavy atom. The van der Waals surface area contributed by atoms with Crippen LogP contribution < -0.4 is 0 Å². The summed E-state index contributed by atoms with van der Waals surface area (Å²) in [6.45, 7) is 25.2. The normalized spacial score (nSPS) is 8.21. The van der Waals surface area contributed by atoms with E-state index in [9.17, 15) is 0 Å². The minimum atomic E-state index is 0.363.